The van der Waals surface area contributed by atoms with E-state index in [1.807, 2.05) is 12.1 Å². The molecular weight excluding hydrogens is 360 g/mol. The number of aryl methyl sites for hydroxylation is 2. The standard InChI is InChI=1S/C23H26N6/c1-4-21-25-26-23-22(24-19-10-5-6-11-20(19)29(21)23)27-12-13-28(17(3)15-27)18-9-7-8-16(2)14-18/h5-11,14,17H,4,12-13,15H2,1-3H3/t17-/m0/s1. The summed E-state index contributed by atoms with van der Waals surface area (Å²) in [5.74, 6) is 1.91. The molecule has 6 nitrogen and oxygen atoms in total. The van der Waals surface area contributed by atoms with Crippen LogP contribution in [0.5, 0.6) is 0 Å². The number of rotatable bonds is 3. The van der Waals surface area contributed by atoms with Crippen LogP contribution in [0.4, 0.5) is 11.5 Å². The molecule has 1 atom stereocenters. The summed E-state index contributed by atoms with van der Waals surface area (Å²) in [6.45, 7) is 9.33. The Morgan fingerprint density at radius 3 is 2.69 bits per heavy atom. The van der Waals surface area contributed by atoms with E-state index in [0.717, 1.165) is 54.4 Å². The number of anilines is 2. The minimum atomic E-state index is 0.382. The summed E-state index contributed by atoms with van der Waals surface area (Å²) in [5.41, 5.74) is 5.50. The Hall–Kier alpha value is -3.15. The van der Waals surface area contributed by atoms with Crippen molar-refractivity contribution in [2.75, 3.05) is 29.4 Å². The molecule has 1 fully saturated rings. The highest BCUT2D eigenvalue weighted by Crippen LogP contribution is 2.28. The van der Waals surface area contributed by atoms with Crippen LogP contribution in [0, 0.1) is 6.92 Å². The maximum absolute atomic E-state index is 5.01. The first kappa shape index (κ1) is 17.9. The van der Waals surface area contributed by atoms with Gasteiger partial charge in [0.1, 0.15) is 5.82 Å². The summed E-state index contributed by atoms with van der Waals surface area (Å²) < 4.78 is 2.18. The number of para-hydroxylation sites is 2. The molecule has 0 N–H and O–H groups in total. The molecule has 1 saturated heterocycles. The molecule has 0 unspecified atom stereocenters. The summed E-state index contributed by atoms with van der Waals surface area (Å²) in [7, 11) is 0. The lowest BCUT2D eigenvalue weighted by Gasteiger charge is -2.41. The van der Waals surface area contributed by atoms with Crippen LogP contribution in [0.3, 0.4) is 0 Å². The zero-order valence-corrected chi connectivity index (χ0v) is 17.2. The van der Waals surface area contributed by atoms with Crippen molar-refractivity contribution in [3.05, 3.63) is 59.9 Å². The smallest absolute Gasteiger partial charge is 0.204 e. The molecule has 148 valence electrons. The number of hydrogen-bond donors (Lipinski definition) is 0. The fourth-order valence-corrected chi connectivity index (χ4v) is 4.41. The first-order valence-electron chi connectivity index (χ1n) is 10.4. The predicted octanol–water partition coefficient (Wildman–Crippen LogP) is 3.86. The number of aromatic nitrogens is 4. The molecule has 0 bridgehead atoms. The highest BCUT2D eigenvalue weighted by Gasteiger charge is 2.27. The number of fused-ring (bicyclic) bond motifs is 3. The van der Waals surface area contributed by atoms with Gasteiger partial charge in [-0.3, -0.25) is 4.40 Å². The molecule has 29 heavy (non-hydrogen) atoms. The largest absolute Gasteiger partial charge is 0.365 e. The van der Waals surface area contributed by atoms with E-state index in [4.69, 9.17) is 4.98 Å². The zero-order chi connectivity index (χ0) is 20.0. The normalized spacial score (nSPS) is 17.4. The minimum absolute atomic E-state index is 0.382. The Bertz CT molecular complexity index is 1180. The SMILES string of the molecule is CCc1nnc2c(N3CCN(c4cccc(C)c4)[C@@H](C)C3)nc3ccccc3n12. The Morgan fingerprint density at radius 2 is 1.90 bits per heavy atom. The van der Waals surface area contributed by atoms with Gasteiger partial charge in [0, 0.05) is 37.8 Å². The van der Waals surface area contributed by atoms with Gasteiger partial charge in [-0.25, -0.2) is 4.98 Å². The molecule has 0 spiro atoms. The van der Waals surface area contributed by atoms with E-state index in [1.165, 1.54) is 11.3 Å². The fourth-order valence-electron chi connectivity index (χ4n) is 4.41. The van der Waals surface area contributed by atoms with E-state index in [1.54, 1.807) is 0 Å². The Labute approximate surface area is 170 Å². The lowest BCUT2D eigenvalue weighted by Crippen LogP contribution is -2.52. The van der Waals surface area contributed by atoms with Crippen LogP contribution in [-0.2, 0) is 6.42 Å². The molecule has 1 aliphatic heterocycles. The van der Waals surface area contributed by atoms with Crippen molar-refractivity contribution in [1.82, 2.24) is 19.6 Å². The molecule has 1 aliphatic rings. The highest BCUT2D eigenvalue weighted by atomic mass is 15.3. The molecule has 0 aliphatic carbocycles. The van der Waals surface area contributed by atoms with Crippen molar-refractivity contribution in [1.29, 1.82) is 0 Å². The number of nitrogens with zero attached hydrogens (tertiary/aromatic N) is 6. The second-order valence-electron chi connectivity index (χ2n) is 7.88. The van der Waals surface area contributed by atoms with Gasteiger partial charge in [0.05, 0.1) is 11.0 Å². The molecule has 0 amide bonds. The van der Waals surface area contributed by atoms with Crippen LogP contribution in [0.1, 0.15) is 25.2 Å². The summed E-state index contributed by atoms with van der Waals surface area (Å²) in [4.78, 5) is 9.86. The molecule has 2 aromatic heterocycles. The lowest BCUT2D eigenvalue weighted by atomic mass is 10.1. The van der Waals surface area contributed by atoms with Gasteiger partial charge in [0.25, 0.3) is 0 Å². The quantitative estimate of drug-likeness (QED) is 0.535. The van der Waals surface area contributed by atoms with Gasteiger partial charge in [0.2, 0.25) is 5.65 Å². The first-order chi connectivity index (χ1) is 14.2. The average molecular weight is 387 g/mol. The van der Waals surface area contributed by atoms with Crippen LogP contribution >= 0.6 is 0 Å². The molecular formula is C23H26N6. The Morgan fingerprint density at radius 1 is 1.03 bits per heavy atom. The van der Waals surface area contributed by atoms with Gasteiger partial charge in [-0.05, 0) is 43.7 Å². The summed E-state index contributed by atoms with van der Waals surface area (Å²) in [5, 5.41) is 8.97. The van der Waals surface area contributed by atoms with Gasteiger partial charge in [-0.2, -0.15) is 0 Å². The van der Waals surface area contributed by atoms with E-state index in [2.05, 4.69) is 81.6 Å². The van der Waals surface area contributed by atoms with Crippen molar-refractivity contribution < 1.29 is 0 Å². The van der Waals surface area contributed by atoms with Crippen molar-refractivity contribution in [2.24, 2.45) is 0 Å². The van der Waals surface area contributed by atoms with Gasteiger partial charge in [-0.1, -0.05) is 31.2 Å². The summed E-state index contributed by atoms with van der Waals surface area (Å²) >= 11 is 0. The third-order valence-corrected chi connectivity index (χ3v) is 5.86. The Kier molecular flexibility index (Phi) is 4.34. The van der Waals surface area contributed by atoms with Crippen molar-refractivity contribution in [3.63, 3.8) is 0 Å². The number of benzene rings is 2. The van der Waals surface area contributed by atoms with E-state index < -0.39 is 0 Å². The molecule has 5 rings (SSSR count). The first-order valence-corrected chi connectivity index (χ1v) is 10.4. The monoisotopic (exact) mass is 386 g/mol. The predicted molar refractivity (Wildman–Crippen MR) is 118 cm³/mol. The molecule has 0 saturated carbocycles. The van der Waals surface area contributed by atoms with Crippen molar-refractivity contribution in [2.45, 2.75) is 33.2 Å². The molecule has 0 radical (unpaired) electrons. The van der Waals surface area contributed by atoms with Crippen LogP contribution in [-0.4, -0.2) is 45.3 Å². The van der Waals surface area contributed by atoms with Gasteiger partial charge in [0.15, 0.2) is 5.82 Å². The topological polar surface area (TPSA) is 49.6 Å². The van der Waals surface area contributed by atoms with E-state index in [9.17, 15) is 0 Å². The molecule has 3 heterocycles. The maximum atomic E-state index is 5.01. The number of hydrogen-bond acceptors (Lipinski definition) is 5. The van der Waals surface area contributed by atoms with E-state index >= 15 is 0 Å². The van der Waals surface area contributed by atoms with Gasteiger partial charge < -0.3 is 9.80 Å². The van der Waals surface area contributed by atoms with Crippen LogP contribution < -0.4 is 9.80 Å². The third-order valence-electron chi connectivity index (χ3n) is 5.86. The number of piperazine rings is 1. The van der Waals surface area contributed by atoms with Gasteiger partial charge >= 0.3 is 0 Å². The average Bonchev–Trinajstić information content (AvgIpc) is 3.17. The fraction of sp³-hybridized carbons (Fsp3) is 0.348. The maximum Gasteiger partial charge on any atom is 0.204 e. The lowest BCUT2D eigenvalue weighted by molar-refractivity contribution is 0.548. The Balaban J connectivity index is 1.54. The minimum Gasteiger partial charge on any atom is -0.365 e. The van der Waals surface area contributed by atoms with E-state index in [-0.39, 0.29) is 0 Å². The molecule has 6 heteroatoms. The zero-order valence-electron chi connectivity index (χ0n) is 17.2. The second-order valence-corrected chi connectivity index (χ2v) is 7.88. The highest BCUT2D eigenvalue weighted by molar-refractivity contribution is 5.83. The van der Waals surface area contributed by atoms with Crippen LogP contribution in [0.25, 0.3) is 16.7 Å². The third kappa shape index (κ3) is 2.99. The summed E-state index contributed by atoms with van der Waals surface area (Å²) in [6, 6.07) is 17.4. The van der Waals surface area contributed by atoms with Crippen LogP contribution in [0.15, 0.2) is 48.5 Å². The van der Waals surface area contributed by atoms with Gasteiger partial charge in [-0.15, -0.1) is 10.2 Å². The molecule has 2 aromatic carbocycles. The van der Waals surface area contributed by atoms with Crippen molar-refractivity contribution >= 4 is 28.2 Å². The van der Waals surface area contributed by atoms with Crippen molar-refractivity contribution in [3.8, 4) is 0 Å². The molecule has 4 aromatic rings. The van der Waals surface area contributed by atoms with E-state index in [0.29, 0.717) is 6.04 Å². The second kappa shape index (κ2) is 7.03. The summed E-state index contributed by atoms with van der Waals surface area (Å²) in [6.07, 6.45) is 0.839. The van der Waals surface area contributed by atoms with Crippen LogP contribution in [0.2, 0.25) is 0 Å².